The Labute approximate surface area is 84.2 Å². The Morgan fingerprint density at radius 1 is 1.50 bits per heavy atom. The van der Waals surface area contributed by atoms with Gasteiger partial charge in [-0.15, -0.1) is 0 Å². The van der Waals surface area contributed by atoms with E-state index in [4.69, 9.17) is 0 Å². The lowest BCUT2D eigenvalue weighted by Gasteiger charge is -2.36. The van der Waals surface area contributed by atoms with Gasteiger partial charge < -0.3 is 10.4 Å². The molecule has 2 heterocycles. The summed E-state index contributed by atoms with van der Waals surface area (Å²) in [6.07, 6.45) is 5.03. The summed E-state index contributed by atoms with van der Waals surface area (Å²) in [6.45, 7) is 2.98. The first-order chi connectivity index (χ1) is 6.71. The van der Waals surface area contributed by atoms with Crippen LogP contribution in [0, 0.1) is 0 Å². The van der Waals surface area contributed by atoms with E-state index >= 15 is 0 Å². The standard InChI is InChI=1S/C11H16N2O/c1-9-8-11(14,4-7-13-9)10-2-5-12-6-3-10/h2-3,5-6,9,13-14H,4,7-8H2,1H3. The van der Waals surface area contributed by atoms with Crippen LogP contribution >= 0.6 is 0 Å². The lowest BCUT2D eigenvalue weighted by molar-refractivity contribution is -0.00653. The monoisotopic (exact) mass is 192 g/mol. The molecule has 2 atom stereocenters. The van der Waals surface area contributed by atoms with Crippen molar-refractivity contribution in [3.8, 4) is 0 Å². The molecule has 0 spiro atoms. The van der Waals surface area contributed by atoms with Gasteiger partial charge in [0.05, 0.1) is 5.60 Å². The molecule has 0 aromatic carbocycles. The van der Waals surface area contributed by atoms with Crippen molar-refractivity contribution in [1.29, 1.82) is 0 Å². The van der Waals surface area contributed by atoms with Crippen LogP contribution in [0.25, 0.3) is 0 Å². The Kier molecular flexibility index (Phi) is 2.52. The van der Waals surface area contributed by atoms with Crippen LogP contribution in [0.1, 0.15) is 25.3 Å². The maximum Gasteiger partial charge on any atom is 0.0924 e. The number of pyridine rings is 1. The highest BCUT2D eigenvalue weighted by Crippen LogP contribution is 2.31. The van der Waals surface area contributed by atoms with Gasteiger partial charge in [0.25, 0.3) is 0 Å². The Bertz CT molecular complexity index is 301. The molecule has 1 aliphatic heterocycles. The van der Waals surface area contributed by atoms with E-state index in [2.05, 4.69) is 17.2 Å². The number of rotatable bonds is 1. The molecule has 0 aliphatic carbocycles. The minimum absolute atomic E-state index is 0.377. The number of aromatic nitrogens is 1. The normalized spacial score (nSPS) is 32.9. The molecule has 1 saturated heterocycles. The smallest absolute Gasteiger partial charge is 0.0924 e. The fourth-order valence-corrected chi connectivity index (χ4v) is 2.13. The summed E-state index contributed by atoms with van der Waals surface area (Å²) < 4.78 is 0. The minimum Gasteiger partial charge on any atom is -0.385 e. The average molecular weight is 192 g/mol. The number of hydrogen-bond acceptors (Lipinski definition) is 3. The highest BCUT2D eigenvalue weighted by molar-refractivity contribution is 5.20. The Morgan fingerprint density at radius 3 is 2.86 bits per heavy atom. The molecular weight excluding hydrogens is 176 g/mol. The third-order valence-corrected chi connectivity index (χ3v) is 2.89. The number of piperidine rings is 1. The van der Waals surface area contributed by atoms with Crippen molar-refractivity contribution in [2.75, 3.05) is 6.54 Å². The fraction of sp³-hybridized carbons (Fsp3) is 0.545. The second kappa shape index (κ2) is 3.67. The molecule has 76 valence electrons. The van der Waals surface area contributed by atoms with E-state index in [0.717, 1.165) is 24.9 Å². The lowest BCUT2D eigenvalue weighted by atomic mass is 9.83. The van der Waals surface area contributed by atoms with Crippen LogP contribution in [0.15, 0.2) is 24.5 Å². The zero-order chi connectivity index (χ0) is 10.0. The summed E-state index contributed by atoms with van der Waals surface area (Å²) in [5.41, 5.74) is 0.328. The van der Waals surface area contributed by atoms with Crippen molar-refractivity contribution in [1.82, 2.24) is 10.3 Å². The van der Waals surface area contributed by atoms with Crippen LogP contribution in [0.2, 0.25) is 0 Å². The van der Waals surface area contributed by atoms with Crippen LogP contribution in [-0.2, 0) is 5.60 Å². The van der Waals surface area contributed by atoms with Crippen LogP contribution < -0.4 is 5.32 Å². The van der Waals surface area contributed by atoms with Gasteiger partial charge in [0.1, 0.15) is 0 Å². The van der Waals surface area contributed by atoms with E-state index in [9.17, 15) is 5.11 Å². The molecule has 1 aromatic rings. The molecule has 2 N–H and O–H groups in total. The van der Waals surface area contributed by atoms with E-state index < -0.39 is 5.60 Å². The summed E-state index contributed by atoms with van der Waals surface area (Å²) in [4.78, 5) is 3.96. The van der Waals surface area contributed by atoms with Crippen molar-refractivity contribution in [3.05, 3.63) is 30.1 Å². The zero-order valence-corrected chi connectivity index (χ0v) is 8.40. The van der Waals surface area contributed by atoms with Gasteiger partial charge in [-0.1, -0.05) is 0 Å². The molecule has 2 unspecified atom stereocenters. The molecule has 0 amide bonds. The van der Waals surface area contributed by atoms with Crippen molar-refractivity contribution in [2.45, 2.75) is 31.4 Å². The van der Waals surface area contributed by atoms with Crippen LogP contribution in [0.5, 0.6) is 0 Å². The van der Waals surface area contributed by atoms with E-state index in [0.29, 0.717) is 6.04 Å². The molecule has 0 saturated carbocycles. The van der Waals surface area contributed by atoms with E-state index in [1.807, 2.05) is 12.1 Å². The van der Waals surface area contributed by atoms with Crippen molar-refractivity contribution in [2.24, 2.45) is 0 Å². The Hall–Kier alpha value is -0.930. The predicted octanol–water partition coefficient (Wildman–Crippen LogP) is 1.04. The molecule has 1 aliphatic rings. The van der Waals surface area contributed by atoms with Gasteiger partial charge in [-0.3, -0.25) is 4.98 Å². The number of hydrogen-bond donors (Lipinski definition) is 2. The molecular formula is C11H16N2O. The predicted molar refractivity (Wildman–Crippen MR) is 54.8 cm³/mol. The van der Waals surface area contributed by atoms with Gasteiger partial charge in [-0.05, 0) is 44.0 Å². The van der Waals surface area contributed by atoms with Crippen LogP contribution in [0.4, 0.5) is 0 Å². The highest BCUT2D eigenvalue weighted by Gasteiger charge is 2.33. The molecule has 3 heteroatoms. The first kappa shape index (κ1) is 9.62. The first-order valence-electron chi connectivity index (χ1n) is 5.07. The second-order valence-electron chi connectivity index (χ2n) is 4.08. The topological polar surface area (TPSA) is 45.2 Å². The molecule has 14 heavy (non-hydrogen) atoms. The molecule has 3 nitrogen and oxygen atoms in total. The molecule has 1 fully saturated rings. The third-order valence-electron chi connectivity index (χ3n) is 2.89. The SMILES string of the molecule is CC1CC(O)(c2ccncc2)CCN1. The van der Waals surface area contributed by atoms with E-state index in [1.165, 1.54) is 0 Å². The number of nitrogens with zero attached hydrogens (tertiary/aromatic N) is 1. The van der Waals surface area contributed by atoms with Crippen molar-refractivity contribution in [3.63, 3.8) is 0 Å². The molecule has 0 bridgehead atoms. The Balaban J connectivity index is 2.23. The summed E-state index contributed by atoms with van der Waals surface area (Å²) in [5.74, 6) is 0. The average Bonchev–Trinajstić information content (AvgIpc) is 2.19. The van der Waals surface area contributed by atoms with E-state index in [1.54, 1.807) is 12.4 Å². The third kappa shape index (κ3) is 1.79. The van der Waals surface area contributed by atoms with Crippen LogP contribution in [-0.4, -0.2) is 22.7 Å². The highest BCUT2D eigenvalue weighted by atomic mass is 16.3. The van der Waals surface area contributed by atoms with Gasteiger partial charge in [0.2, 0.25) is 0 Å². The van der Waals surface area contributed by atoms with Crippen LogP contribution in [0.3, 0.4) is 0 Å². The number of nitrogens with one attached hydrogen (secondary N) is 1. The summed E-state index contributed by atoms with van der Waals surface area (Å²) >= 11 is 0. The van der Waals surface area contributed by atoms with E-state index in [-0.39, 0.29) is 0 Å². The quantitative estimate of drug-likeness (QED) is 0.699. The fourth-order valence-electron chi connectivity index (χ4n) is 2.13. The second-order valence-corrected chi connectivity index (χ2v) is 4.08. The minimum atomic E-state index is -0.659. The van der Waals surface area contributed by atoms with Gasteiger partial charge in [-0.25, -0.2) is 0 Å². The maximum atomic E-state index is 10.4. The Morgan fingerprint density at radius 2 is 2.21 bits per heavy atom. The van der Waals surface area contributed by atoms with Gasteiger partial charge in [0.15, 0.2) is 0 Å². The molecule has 2 rings (SSSR count). The zero-order valence-electron chi connectivity index (χ0n) is 8.40. The van der Waals surface area contributed by atoms with Gasteiger partial charge >= 0.3 is 0 Å². The van der Waals surface area contributed by atoms with Gasteiger partial charge in [-0.2, -0.15) is 0 Å². The van der Waals surface area contributed by atoms with Gasteiger partial charge in [0, 0.05) is 18.4 Å². The number of aliphatic hydroxyl groups is 1. The summed E-state index contributed by atoms with van der Waals surface area (Å²) in [6, 6.07) is 4.18. The molecule has 0 radical (unpaired) electrons. The lowest BCUT2D eigenvalue weighted by Crippen LogP contribution is -2.44. The molecule has 1 aromatic heterocycles. The first-order valence-corrected chi connectivity index (χ1v) is 5.07. The summed E-state index contributed by atoms with van der Waals surface area (Å²) in [7, 11) is 0. The largest absolute Gasteiger partial charge is 0.385 e. The van der Waals surface area contributed by atoms with Crippen molar-refractivity contribution < 1.29 is 5.11 Å². The van der Waals surface area contributed by atoms with Crippen molar-refractivity contribution >= 4 is 0 Å². The maximum absolute atomic E-state index is 10.4. The summed E-state index contributed by atoms with van der Waals surface area (Å²) in [5, 5.41) is 13.8.